The average Bonchev–Trinajstić information content (AvgIpc) is 2.62. The maximum Gasteiger partial charge on any atom is 0.251 e. The highest BCUT2D eigenvalue weighted by Gasteiger charge is 2.10. The van der Waals surface area contributed by atoms with Gasteiger partial charge in [0.15, 0.2) is 0 Å². The fourth-order valence-electron chi connectivity index (χ4n) is 2.69. The molecular weight excluding hydrogens is 380 g/mol. The van der Waals surface area contributed by atoms with Crippen LogP contribution in [0.2, 0.25) is 0 Å². The van der Waals surface area contributed by atoms with Crippen LogP contribution >= 0.6 is 17.0 Å². The summed E-state index contributed by atoms with van der Waals surface area (Å²) in [5, 5.41) is 12.9. The summed E-state index contributed by atoms with van der Waals surface area (Å²) in [7, 11) is 3.66. The molecule has 2 aromatic carbocycles. The van der Waals surface area contributed by atoms with Gasteiger partial charge in [-0.3, -0.25) is 4.79 Å². The van der Waals surface area contributed by atoms with Gasteiger partial charge in [0.25, 0.3) is 5.91 Å². The topological polar surface area (TPSA) is 52.6 Å². The summed E-state index contributed by atoms with van der Waals surface area (Å²) < 4.78 is 0. The van der Waals surface area contributed by atoms with Crippen molar-refractivity contribution in [3.63, 3.8) is 0 Å². The summed E-state index contributed by atoms with van der Waals surface area (Å²) in [5.41, 5.74) is 2.86. The van der Waals surface area contributed by atoms with E-state index in [0.717, 1.165) is 24.9 Å². The number of benzene rings is 2. The number of likely N-dealkylation sites (N-methyl/N-ethyl adjacent to an activating group) is 1. The van der Waals surface area contributed by atoms with Crippen molar-refractivity contribution >= 4 is 22.9 Å². The van der Waals surface area contributed by atoms with Gasteiger partial charge in [-0.2, -0.15) is 0 Å². The molecule has 0 saturated heterocycles. The van der Waals surface area contributed by atoms with E-state index in [2.05, 4.69) is 10.2 Å². The lowest BCUT2D eigenvalue weighted by Gasteiger charge is -2.20. The largest absolute Gasteiger partial charge is 0.387 e. The number of amides is 1. The molecule has 25 heavy (non-hydrogen) atoms. The number of hydrogen-bond donors (Lipinski definition) is 2. The Kier molecular flexibility index (Phi) is 9.42. The number of carbonyl (C=O) groups is 1. The van der Waals surface area contributed by atoms with Crippen molar-refractivity contribution in [2.75, 3.05) is 27.2 Å². The van der Waals surface area contributed by atoms with Crippen LogP contribution in [0.1, 0.15) is 34.0 Å². The lowest BCUT2D eigenvalue weighted by atomic mass is 10.1. The molecule has 0 bridgehead atoms. The number of nitrogens with zero attached hydrogens (tertiary/aromatic N) is 1. The third-order valence-corrected chi connectivity index (χ3v) is 4.12. The number of aliphatic hydroxyl groups excluding tert-OH is 1. The third kappa shape index (κ3) is 6.98. The van der Waals surface area contributed by atoms with E-state index in [1.54, 1.807) is 7.05 Å². The van der Waals surface area contributed by atoms with Crippen LogP contribution < -0.4 is 5.32 Å². The number of aliphatic hydroxyl groups is 1. The molecule has 0 spiro atoms. The van der Waals surface area contributed by atoms with Gasteiger partial charge in [0.2, 0.25) is 0 Å². The Morgan fingerprint density at radius 3 is 2.36 bits per heavy atom. The van der Waals surface area contributed by atoms with Gasteiger partial charge in [-0.05, 0) is 49.7 Å². The molecule has 2 rings (SSSR count). The van der Waals surface area contributed by atoms with Crippen LogP contribution in [0.3, 0.4) is 0 Å². The van der Waals surface area contributed by atoms with Gasteiger partial charge in [0.1, 0.15) is 0 Å². The van der Waals surface area contributed by atoms with Crippen LogP contribution in [0, 0.1) is 0 Å². The van der Waals surface area contributed by atoms with Crippen molar-refractivity contribution in [3.8, 4) is 0 Å². The minimum Gasteiger partial charge on any atom is -0.387 e. The first-order chi connectivity index (χ1) is 11.6. The summed E-state index contributed by atoms with van der Waals surface area (Å²) in [6, 6.07) is 17.5. The molecule has 0 aliphatic carbocycles. The second kappa shape index (κ2) is 11.0. The molecule has 0 aliphatic heterocycles. The molecule has 0 saturated carbocycles. The van der Waals surface area contributed by atoms with E-state index >= 15 is 0 Å². The summed E-state index contributed by atoms with van der Waals surface area (Å²) >= 11 is 0. The van der Waals surface area contributed by atoms with Gasteiger partial charge in [-0.15, -0.1) is 17.0 Å². The van der Waals surface area contributed by atoms with Crippen LogP contribution in [0.5, 0.6) is 0 Å². The first-order valence-electron chi connectivity index (χ1n) is 8.32. The van der Waals surface area contributed by atoms with E-state index in [4.69, 9.17) is 0 Å². The normalized spacial score (nSPS) is 11.7. The predicted octanol–water partition coefficient (Wildman–Crippen LogP) is 3.22. The van der Waals surface area contributed by atoms with Crippen LogP contribution in [0.4, 0.5) is 0 Å². The standard InChI is InChI=1S/C20H26N2O2.BrH/c1-21-20(24)18-12-10-16(11-13-18)7-6-14-22(2)15-19(23)17-8-4-3-5-9-17;/h3-5,8-13,19,23H,6-7,14-15H2,1-2H3,(H,21,24);1H/t19-;/m1./s1. The highest BCUT2D eigenvalue weighted by atomic mass is 79.9. The van der Waals surface area contributed by atoms with Gasteiger partial charge >= 0.3 is 0 Å². The zero-order valence-corrected chi connectivity index (χ0v) is 16.5. The molecule has 1 amide bonds. The Morgan fingerprint density at radius 1 is 1.12 bits per heavy atom. The van der Waals surface area contributed by atoms with Crippen LogP contribution in [-0.2, 0) is 6.42 Å². The summed E-state index contributed by atoms with van der Waals surface area (Å²) in [6.07, 6.45) is 1.51. The predicted molar refractivity (Wildman–Crippen MR) is 107 cm³/mol. The van der Waals surface area contributed by atoms with E-state index in [0.29, 0.717) is 12.1 Å². The second-order valence-corrected chi connectivity index (χ2v) is 6.07. The van der Waals surface area contributed by atoms with Gasteiger partial charge in [-0.25, -0.2) is 0 Å². The number of carbonyl (C=O) groups excluding carboxylic acids is 1. The van der Waals surface area contributed by atoms with Crippen molar-refractivity contribution in [3.05, 3.63) is 71.3 Å². The molecule has 1 atom stereocenters. The fourth-order valence-corrected chi connectivity index (χ4v) is 2.69. The Morgan fingerprint density at radius 2 is 1.76 bits per heavy atom. The Labute approximate surface area is 160 Å². The number of halogens is 1. The molecule has 0 unspecified atom stereocenters. The van der Waals surface area contributed by atoms with Crippen LogP contribution in [-0.4, -0.2) is 43.1 Å². The first kappa shape index (κ1) is 21.4. The quantitative estimate of drug-likeness (QED) is 0.707. The molecule has 136 valence electrons. The van der Waals surface area contributed by atoms with E-state index < -0.39 is 6.10 Å². The van der Waals surface area contributed by atoms with Gasteiger partial charge < -0.3 is 15.3 Å². The summed E-state index contributed by atoms with van der Waals surface area (Å²) in [5.74, 6) is -0.0591. The summed E-state index contributed by atoms with van der Waals surface area (Å²) in [6.45, 7) is 1.54. The maximum atomic E-state index is 11.5. The van der Waals surface area contributed by atoms with E-state index in [-0.39, 0.29) is 22.9 Å². The van der Waals surface area contributed by atoms with Gasteiger partial charge in [0.05, 0.1) is 6.10 Å². The van der Waals surface area contributed by atoms with E-state index in [1.807, 2.05) is 61.6 Å². The van der Waals surface area contributed by atoms with Crippen LogP contribution in [0.15, 0.2) is 54.6 Å². The number of aryl methyl sites for hydroxylation is 1. The minimum absolute atomic E-state index is 0. The van der Waals surface area contributed by atoms with Gasteiger partial charge in [0, 0.05) is 19.2 Å². The maximum absolute atomic E-state index is 11.5. The lowest BCUT2D eigenvalue weighted by Crippen LogP contribution is -2.26. The molecule has 5 heteroatoms. The molecular formula is C20H27BrN2O2. The van der Waals surface area contributed by atoms with Crippen molar-refractivity contribution in [1.82, 2.24) is 10.2 Å². The van der Waals surface area contributed by atoms with Gasteiger partial charge in [-0.1, -0.05) is 42.5 Å². The zero-order chi connectivity index (χ0) is 17.4. The second-order valence-electron chi connectivity index (χ2n) is 6.07. The zero-order valence-electron chi connectivity index (χ0n) is 14.8. The number of hydrogen-bond acceptors (Lipinski definition) is 3. The third-order valence-electron chi connectivity index (χ3n) is 4.12. The monoisotopic (exact) mass is 406 g/mol. The number of rotatable bonds is 8. The molecule has 0 aromatic heterocycles. The first-order valence-corrected chi connectivity index (χ1v) is 8.32. The molecule has 4 nitrogen and oxygen atoms in total. The number of nitrogens with one attached hydrogen (secondary N) is 1. The van der Waals surface area contributed by atoms with Crippen LogP contribution in [0.25, 0.3) is 0 Å². The van der Waals surface area contributed by atoms with E-state index in [1.165, 1.54) is 5.56 Å². The minimum atomic E-state index is -0.456. The smallest absolute Gasteiger partial charge is 0.251 e. The highest BCUT2D eigenvalue weighted by Crippen LogP contribution is 2.13. The molecule has 0 fully saturated rings. The van der Waals surface area contributed by atoms with Crippen molar-refractivity contribution in [1.29, 1.82) is 0 Å². The highest BCUT2D eigenvalue weighted by molar-refractivity contribution is 8.93. The Bertz CT molecular complexity index is 632. The molecule has 0 heterocycles. The van der Waals surface area contributed by atoms with Crippen molar-refractivity contribution < 1.29 is 9.90 Å². The lowest BCUT2D eigenvalue weighted by molar-refractivity contribution is 0.0963. The molecule has 0 radical (unpaired) electrons. The molecule has 2 aromatic rings. The van der Waals surface area contributed by atoms with Crippen molar-refractivity contribution in [2.45, 2.75) is 18.9 Å². The molecule has 2 N–H and O–H groups in total. The van der Waals surface area contributed by atoms with Crippen molar-refractivity contribution in [2.24, 2.45) is 0 Å². The Hall–Kier alpha value is -1.69. The molecule has 0 aliphatic rings. The SMILES string of the molecule is Br.CNC(=O)c1ccc(CCCN(C)C[C@@H](O)c2ccccc2)cc1. The Balaban J connectivity index is 0.00000312. The fraction of sp³-hybridized carbons (Fsp3) is 0.350. The van der Waals surface area contributed by atoms with E-state index in [9.17, 15) is 9.90 Å². The average molecular weight is 407 g/mol. The summed E-state index contributed by atoms with van der Waals surface area (Å²) in [4.78, 5) is 13.7.